The summed E-state index contributed by atoms with van der Waals surface area (Å²) < 4.78 is 0. The van der Waals surface area contributed by atoms with Crippen LogP contribution in [0.4, 0.5) is 5.69 Å². The Morgan fingerprint density at radius 2 is 2.00 bits per heavy atom. The van der Waals surface area contributed by atoms with Gasteiger partial charge in [0.25, 0.3) is 0 Å². The summed E-state index contributed by atoms with van der Waals surface area (Å²) in [7, 11) is 0. The molecule has 98 valence electrons. The monoisotopic (exact) mass is 248 g/mol. The number of carboxylic acids is 1. The molecule has 1 aliphatic heterocycles. The number of anilines is 1. The van der Waals surface area contributed by atoms with Crippen molar-refractivity contribution in [3.63, 3.8) is 0 Å². The standard InChI is InChI=1S/C14H20N2O2/c1-10(2)11-3-5-12(6-4-11)16-8-7-14(15,9-16)13(17)18/h3-6,10H,7-9,15H2,1-2H3,(H,17,18). The Hall–Kier alpha value is -1.55. The van der Waals surface area contributed by atoms with Gasteiger partial charge in [-0.25, -0.2) is 0 Å². The molecule has 0 spiro atoms. The van der Waals surface area contributed by atoms with Crippen molar-refractivity contribution in [3.05, 3.63) is 29.8 Å². The first-order valence-electron chi connectivity index (χ1n) is 6.29. The molecule has 0 aliphatic carbocycles. The van der Waals surface area contributed by atoms with Gasteiger partial charge in [0.05, 0.1) is 0 Å². The Labute approximate surface area is 107 Å². The second kappa shape index (κ2) is 4.61. The molecule has 18 heavy (non-hydrogen) atoms. The van der Waals surface area contributed by atoms with E-state index in [4.69, 9.17) is 10.8 Å². The van der Waals surface area contributed by atoms with Crippen molar-refractivity contribution in [2.75, 3.05) is 18.0 Å². The molecule has 1 saturated heterocycles. The van der Waals surface area contributed by atoms with E-state index < -0.39 is 11.5 Å². The van der Waals surface area contributed by atoms with Crippen LogP contribution in [0.2, 0.25) is 0 Å². The summed E-state index contributed by atoms with van der Waals surface area (Å²) in [5.74, 6) is -0.408. The fourth-order valence-corrected chi connectivity index (χ4v) is 2.30. The number of carbonyl (C=O) groups is 1. The van der Waals surface area contributed by atoms with E-state index in [1.807, 2.05) is 17.0 Å². The summed E-state index contributed by atoms with van der Waals surface area (Å²) >= 11 is 0. The van der Waals surface area contributed by atoms with Crippen LogP contribution in [0.3, 0.4) is 0 Å². The van der Waals surface area contributed by atoms with E-state index >= 15 is 0 Å². The van der Waals surface area contributed by atoms with Crippen molar-refractivity contribution >= 4 is 11.7 Å². The van der Waals surface area contributed by atoms with E-state index in [9.17, 15) is 4.79 Å². The number of nitrogens with two attached hydrogens (primary N) is 1. The molecule has 0 radical (unpaired) electrons. The zero-order valence-electron chi connectivity index (χ0n) is 10.9. The average molecular weight is 248 g/mol. The molecule has 1 fully saturated rings. The highest BCUT2D eigenvalue weighted by Gasteiger charge is 2.41. The molecule has 1 aromatic carbocycles. The van der Waals surface area contributed by atoms with Gasteiger partial charge in [-0.2, -0.15) is 0 Å². The molecule has 0 bridgehead atoms. The first-order chi connectivity index (χ1) is 8.42. The van der Waals surface area contributed by atoms with Crippen LogP contribution in [0.15, 0.2) is 24.3 Å². The maximum atomic E-state index is 11.1. The van der Waals surface area contributed by atoms with E-state index in [1.54, 1.807) is 0 Å². The predicted molar refractivity (Wildman–Crippen MR) is 71.9 cm³/mol. The fourth-order valence-electron chi connectivity index (χ4n) is 2.30. The van der Waals surface area contributed by atoms with E-state index in [0.717, 1.165) is 5.69 Å². The summed E-state index contributed by atoms with van der Waals surface area (Å²) in [6.45, 7) is 5.38. The first-order valence-corrected chi connectivity index (χ1v) is 6.29. The van der Waals surface area contributed by atoms with Crippen molar-refractivity contribution in [1.82, 2.24) is 0 Å². The maximum Gasteiger partial charge on any atom is 0.325 e. The van der Waals surface area contributed by atoms with Gasteiger partial charge in [0.2, 0.25) is 0 Å². The quantitative estimate of drug-likeness (QED) is 0.856. The third-order valence-electron chi connectivity index (χ3n) is 3.65. The molecule has 0 saturated carbocycles. The molecule has 1 atom stereocenters. The highest BCUT2D eigenvalue weighted by molar-refractivity contribution is 5.80. The summed E-state index contributed by atoms with van der Waals surface area (Å²) in [5.41, 5.74) is 7.10. The Morgan fingerprint density at radius 3 is 2.44 bits per heavy atom. The second-order valence-corrected chi connectivity index (χ2v) is 5.38. The maximum absolute atomic E-state index is 11.1. The van der Waals surface area contributed by atoms with Crippen LogP contribution in [-0.4, -0.2) is 29.7 Å². The lowest BCUT2D eigenvalue weighted by molar-refractivity contribution is -0.142. The summed E-state index contributed by atoms with van der Waals surface area (Å²) in [6.07, 6.45) is 0.494. The van der Waals surface area contributed by atoms with E-state index in [-0.39, 0.29) is 0 Å². The smallest absolute Gasteiger partial charge is 0.325 e. The van der Waals surface area contributed by atoms with Gasteiger partial charge in [-0.15, -0.1) is 0 Å². The van der Waals surface area contributed by atoms with Gasteiger partial charge in [-0.1, -0.05) is 26.0 Å². The van der Waals surface area contributed by atoms with Crippen molar-refractivity contribution in [2.24, 2.45) is 5.73 Å². The van der Waals surface area contributed by atoms with Crippen molar-refractivity contribution < 1.29 is 9.90 Å². The van der Waals surface area contributed by atoms with Gasteiger partial charge in [-0.05, 0) is 30.0 Å². The van der Waals surface area contributed by atoms with E-state index in [2.05, 4.69) is 26.0 Å². The Kier molecular flexibility index (Phi) is 3.30. The van der Waals surface area contributed by atoms with Crippen LogP contribution in [0.5, 0.6) is 0 Å². The average Bonchev–Trinajstić information content (AvgIpc) is 2.73. The number of hydrogen-bond donors (Lipinski definition) is 2. The molecule has 0 aromatic heterocycles. The zero-order valence-corrected chi connectivity index (χ0v) is 10.9. The Bertz CT molecular complexity index is 442. The lowest BCUT2D eigenvalue weighted by Crippen LogP contribution is -2.50. The van der Waals surface area contributed by atoms with Gasteiger partial charge in [0.1, 0.15) is 5.54 Å². The minimum atomic E-state index is -1.10. The molecule has 1 aromatic rings. The molecule has 3 N–H and O–H groups in total. The minimum absolute atomic E-state index is 0.378. The van der Waals surface area contributed by atoms with Crippen LogP contribution in [0, 0.1) is 0 Å². The van der Waals surface area contributed by atoms with Crippen LogP contribution in [0.1, 0.15) is 31.7 Å². The topological polar surface area (TPSA) is 66.6 Å². The number of rotatable bonds is 3. The minimum Gasteiger partial charge on any atom is -0.480 e. The normalized spacial score (nSPS) is 23.7. The number of hydrogen-bond acceptors (Lipinski definition) is 3. The van der Waals surface area contributed by atoms with Crippen LogP contribution in [-0.2, 0) is 4.79 Å². The van der Waals surface area contributed by atoms with Gasteiger partial charge in [0, 0.05) is 18.8 Å². The SMILES string of the molecule is CC(C)c1ccc(N2CCC(N)(C(=O)O)C2)cc1. The van der Waals surface area contributed by atoms with Gasteiger partial charge in [-0.3, -0.25) is 4.79 Å². The molecule has 4 heteroatoms. The number of benzene rings is 1. The number of nitrogens with zero attached hydrogens (tertiary/aromatic N) is 1. The van der Waals surface area contributed by atoms with Gasteiger partial charge >= 0.3 is 5.97 Å². The molecule has 1 aliphatic rings. The Morgan fingerprint density at radius 1 is 1.39 bits per heavy atom. The highest BCUT2D eigenvalue weighted by Crippen LogP contribution is 2.27. The predicted octanol–water partition coefficient (Wildman–Crippen LogP) is 1.80. The van der Waals surface area contributed by atoms with Crippen molar-refractivity contribution in [3.8, 4) is 0 Å². The zero-order chi connectivity index (χ0) is 13.3. The van der Waals surface area contributed by atoms with E-state index in [1.165, 1.54) is 5.56 Å². The van der Waals surface area contributed by atoms with Crippen molar-refractivity contribution in [2.45, 2.75) is 31.7 Å². The number of aliphatic carboxylic acids is 1. The third kappa shape index (κ3) is 2.34. The van der Waals surface area contributed by atoms with Crippen molar-refractivity contribution in [1.29, 1.82) is 0 Å². The third-order valence-corrected chi connectivity index (χ3v) is 3.65. The lowest BCUT2D eigenvalue weighted by atomic mass is 10.0. The molecule has 0 amide bonds. The fraction of sp³-hybridized carbons (Fsp3) is 0.500. The number of carboxylic acid groups (broad SMARTS) is 1. The lowest BCUT2D eigenvalue weighted by Gasteiger charge is -2.22. The summed E-state index contributed by atoms with van der Waals surface area (Å²) in [4.78, 5) is 13.1. The molecular weight excluding hydrogens is 228 g/mol. The van der Waals surface area contributed by atoms with Crippen LogP contribution in [0.25, 0.3) is 0 Å². The molecule has 2 rings (SSSR count). The highest BCUT2D eigenvalue weighted by atomic mass is 16.4. The summed E-state index contributed by atoms with van der Waals surface area (Å²) in [5, 5.41) is 9.10. The molecule has 4 nitrogen and oxygen atoms in total. The molecule has 1 unspecified atom stereocenters. The largest absolute Gasteiger partial charge is 0.480 e. The first kappa shape index (κ1) is 12.9. The van der Waals surface area contributed by atoms with Gasteiger partial charge in [0.15, 0.2) is 0 Å². The van der Waals surface area contributed by atoms with Crippen LogP contribution >= 0.6 is 0 Å². The van der Waals surface area contributed by atoms with E-state index in [0.29, 0.717) is 25.4 Å². The Balaban J connectivity index is 2.12. The molecule has 1 heterocycles. The van der Waals surface area contributed by atoms with Crippen LogP contribution < -0.4 is 10.6 Å². The summed E-state index contributed by atoms with van der Waals surface area (Å²) in [6, 6.07) is 8.28. The van der Waals surface area contributed by atoms with Gasteiger partial charge < -0.3 is 15.7 Å². The molecular formula is C14H20N2O2. The second-order valence-electron chi connectivity index (χ2n) is 5.38.